The normalized spacial score (nSPS) is 32.8. The van der Waals surface area contributed by atoms with Crippen LogP contribution >= 0.6 is 0 Å². The van der Waals surface area contributed by atoms with Gasteiger partial charge >= 0.3 is 0 Å². The van der Waals surface area contributed by atoms with Crippen LogP contribution in [0.4, 0.5) is 0 Å². The molecule has 0 unspecified atom stereocenters. The fraction of sp³-hybridized carbons (Fsp3) is 0.423. The molecule has 10 N–H and O–H groups in total. The molecular formula is C26H28O14. The maximum absolute atomic E-state index is 13.4. The molecule has 0 radical (unpaired) electrons. The average Bonchev–Trinajstić information content (AvgIpc) is 2.92. The van der Waals surface area contributed by atoms with Crippen molar-refractivity contribution < 1.29 is 65.0 Å². The van der Waals surface area contributed by atoms with Gasteiger partial charge in [0.1, 0.15) is 83.3 Å². The van der Waals surface area contributed by atoms with Crippen molar-refractivity contribution in [3.63, 3.8) is 0 Å². The fourth-order valence-corrected chi connectivity index (χ4v) is 5.11. The number of aromatic hydroxyl groups is 3. The molecule has 3 heterocycles. The molecule has 40 heavy (non-hydrogen) atoms. The van der Waals surface area contributed by atoms with E-state index in [9.17, 15) is 55.9 Å². The van der Waals surface area contributed by atoms with Gasteiger partial charge in [-0.05, 0) is 24.3 Å². The molecule has 1 aromatic heterocycles. The first-order chi connectivity index (χ1) is 19.0. The van der Waals surface area contributed by atoms with Crippen LogP contribution in [0.15, 0.2) is 39.5 Å². The Hall–Kier alpha value is -3.31. The topological polar surface area (TPSA) is 251 Å². The van der Waals surface area contributed by atoms with E-state index in [1.165, 1.54) is 24.3 Å². The van der Waals surface area contributed by atoms with Crippen LogP contribution < -0.4 is 5.43 Å². The first kappa shape index (κ1) is 28.2. The number of phenols is 3. The predicted octanol–water partition coefficient (Wildman–Crippen LogP) is -1.75. The van der Waals surface area contributed by atoms with Gasteiger partial charge in [0.05, 0.1) is 24.3 Å². The third-order valence-electron chi connectivity index (χ3n) is 7.31. The summed E-state index contributed by atoms with van der Waals surface area (Å²) in [6, 6.07) is 6.47. The molecule has 216 valence electrons. The van der Waals surface area contributed by atoms with Crippen LogP contribution in [0.25, 0.3) is 22.3 Å². The average molecular weight is 564 g/mol. The molecule has 14 nitrogen and oxygen atoms in total. The van der Waals surface area contributed by atoms with E-state index in [1.807, 2.05) is 0 Å². The van der Waals surface area contributed by atoms with Gasteiger partial charge in [0.25, 0.3) is 0 Å². The van der Waals surface area contributed by atoms with Crippen LogP contribution in [0.2, 0.25) is 0 Å². The molecular weight excluding hydrogens is 536 g/mol. The van der Waals surface area contributed by atoms with Crippen molar-refractivity contribution in [2.75, 3.05) is 13.2 Å². The number of ether oxygens (including phenoxy) is 2. The Morgan fingerprint density at radius 3 is 2.08 bits per heavy atom. The van der Waals surface area contributed by atoms with Crippen molar-refractivity contribution in [2.24, 2.45) is 0 Å². The van der Waals surface area contributed by atoms with E-state index >= 15 is 0 Å². The molecule has 14 heteroatoms. The Morgan fingerprint density at radius 1 is 0.775 bits per heavy atom. The minimum Gasteiger partial charge on any atom is -0.508 e. The lowest BCUT2D eigenvalue weighted by Crippen LogP contribution is -2.55. The van der Waals surface area contributed by atoms with Crippen molar-refractivity contribution >= 4 is 11.0 Å². The summed E-state index contributed by atoms with van der Waals surface area (Å²) in [5, 5.41) is 104. The summed E-state index contributed by atoms with van der Waals surface area (Å²) < 4.78 is 16.9. The molecule has 0 saturated carbocycles. The molecule has 0 bridgehead atoms. The summed E-state index contributed by atoms with van der Waals surface area (Å²) in [5.41, 5.74) is -2.19. The van der Waals surface area contributed by atoms with Crippen LogP contribution in [0.1, 0.15) is 23.3 Å². The largest absolute Gasteiger partial charge is 0.508 e. The zero-order chi connectivity index (χ0) is 29.0. The first-order valence-electron chi connectivity index (χ1n) is 12.3. The van der Waals surface area contributed by atoms with Gasteiger partial charge in [0.2, 0.25) is 0 Å². The highest BCUT2D eigenvalue weighted by molar-refractivity contribution is 5.92. The maximum Gasteiger partial charge on any atom is 0.197 e. The standard InChI is InChI=1S/C26H28O14/c27-6-13-18(32)21(35)23(37)26(40-13)16-20(34)15(25-22(36)17(31)11(30)7-38-25)19(33)14-10(29)5-12(39-24(14)16)8-1-3-9(28)4-2-8/h1-5,11,13,17-18,21-23,25-28,30-37H,6-7H2/t11-,13+,17-,18-,21-,22+,23-,25-,26-/m0/s1. The van der Waals surface area contributed by atoms with Gasteiger partial charge in [-0.15, -0.1) is 0 Å². The summed E-state index contributed by atoms with van der Waals surface area (Å²) in [7, 11) is 0. The van der Waals surface area contributed by atoms with Crippen molar-refractivity contribution in [2.45, 2.75) is 54.9 Å². The number of fused-ring (bicyclic) bond motifs is 1. The third-order valence-corrected chi connectivity index (χ3v) is 7.31. The van der Waals surface area contributed by atoms with Crippen LogP contribution in [-0.2, 0) is 9.47 Å². The highest BCUT2D eigenvalue weighted by atomic mass is 16.5. The van der Waals surface area contributed by atoms with E-state index in [0.29, 0.717) is 5.56 Å². The molecule has 2 aliphatic heterocycles. The SMILES string of the molecule is O=c1cc(-c2ccc(O)cc2)oc2c([C@@H]3O[C@H](CO)[C@H](O)[C@H](O)[C@@H]3O)c(O)c([C@@H]3OC[C@H](O)[C@H](O)[C@H]3O)c(O)c12. The number of benzene rings is 2. The smallest absolute Gasteiger partial charge is 0.197 e. The lowest BCUT2D eigenvalue weighted by molar-refractivity contribution is -0.231. The van der Waals surface area contributed by atoms with E-state index in [4.69, 9.17) is 13.9 Å². The molecule has 3 aromatic rings. The van der Waals surface area contributed by atoms with Crippen molar-refractivity contribution in [1.29, 1.82) is 0 Å². The summed E-state index contributed by atoms with van der Waals surface area (Å²) in [4.78, 5) is 13.4. The quantitative estimate of drug-likeness (QED) is 0.169. The van der Waals surface area contributed by atoms with Crippen molar-refractivity contribution in [3.8, 4) is 28.6 Å². The van der Waals surface area contributed by atoms with E-state index < -0.39 is 107 Å². The molecule has 2 saturated heterocycles. The van der Waals surface area contributed by atoms with Gasteiger partial charge in [-0.2, -0.15) is 0 Å². The second kappa shape index (κ2) is 10.6. The van der Waals surface area contributed by atoms with E-state index in [1.54, 1.807) is 0 Å². The Morgan fingerprint density at radius 2 is 1.43 bits per heavy atom. The highest BCUT2D eigenvalue weighted by Crippen LogP contribution is 2.50. The van der Waals surface area contributed by atoms with E-state index in [2.05, 4.69) is 0 Å². The van der Waals surface area contributed by atoms with Crippen LogP contribution in [0.3, 0.4) is 0 Å². The molecule has 2 fully saturated rings. The Balaban J connectivity index is 1.81. The second-order valence-electron chi connectivity index (χ2n) is 9.80. The number of hydrogen-bond donors (Lipinski definition) is 10. The Labute approximate surface area is 224 Å². The monoisotopic (exact) mass is 564 g/mol. The Bertz CT molecular complexity index is 1450. The molecule has 9 atom stereocenters. The van der Waals surface area contributed by atoms with Gasteiger partial charge in [0, 0.05) is 11.6 Å². The number of aliphatic hydroxyl groups is 7. The lowest BCUT2D eigenvalue weighted by atomic mass is 9.85. The molecule has 5 rings (SSSR count). The van der Waals surface area contributed by atoms with Gasteiger partial charge in [0.15, 0.2) is 11.0 Å². The van der Waals surface area contributed by atoms with Gasteiger partial charge in [-0.1, -0.05) is 0 Å². The van der Waals surface area contributed by atoms with Crippen LogP contribution in [0, 0.1) is 0 Å². The zero-order valence-electron chi connectivity index (χ0n) is 20.6. The summed E-state index contributed by atoms with van der Waals surface area (Å²) in [5.74, 6) is -2.00. The van der Waals surface area contributed by atoms with Crippen molar-refractivity contribution in [3.05, 3.63) is 51.7 Å². The zero-order valence-corrected chi connectivity index (χ0v) is 20.6. The molecule has 2 aliphatic rings. The molecule has 2 aromatic carbocycles. The Kier molecular flexibility index (Phi) is 7.47. The molecule has 0 aliphatic carbocycles. The third kappa shape index (κ3) is 4.49. The number of phenolic OH excluding ortho intramolecular Hbond substituents is 3. The predicted molar refractivity (Wildman–Crippen MR) is 132 cm³/mol. The molecule has 0 spiro atoms. The van der Waals surface area contributed by atoms with Crippen LogP contribution in [0.5, 0.6) is 17.2 Å². The number of rotatable bonds is 4. The van der Waals surface area contributed by atoms with Gasteiger partial charge < -0.3 is 65.0 Å². The number of aliphatic hydroxyl groups excluding tert-OH is 7. The highest BCUT2D eigenvalue weighted by Gasteiger charge is 2.48. The summed E-state index contributed by atoms with van der Waals surface area (Å²) in [6.45, 7) is -1.34. The van der Waals surface area contributed by atoms with E-state index in [-0.39, 0.29) is 11.5 Å². The maximum atomic E-state index is 13.4. The summed E-state index contributed by atoms with van der Waals surface area (Å²) in [6.07, 6.45) is -15.7. The van der Waals surface area contributed by atoms with Gasteiger partial charge in [-0.25, -0.2) is 0 Å². The number of hydrogen-bond acceptors (Lipinski definition) is 14. The second-order valence-corrected chi connectivity index (χ2v) is 9.80. The fourth-order valence-electron chi connectivity index (χ4n) is 5.11. The minimum absolute atomic E-state index is 0.0767. The summed E-state index contributed by atoms with van der Waals surface area (Å²) >= 11 is 0. The van der Waals surface area contributed by atoms with E-state index in [0.717, 1.165) is 6.07 Å². The van der Waals surface area contributed by atoms with Crippen LogP contribution in [-0.4, -0.2) is 107 Å². The minimum atomic E-state index is -1.96. The first-order valence-corrected chi connectivity index (χ1v) is 12.3. The van der Waals surface area contributed by atoms with Crippen molar-refractivity contribution in [1.82, 2.24) is 0 Å². The molecule has 0 amide bonds. The van der Waals surface area contributed by atoms with Gasteiger partial charge in [-0.3, -0.25) is 4.79 Å². The lowest BCUT2D eigenvalue weighted by Gasteiger charge is -2.41.